The van der Waals surface area contributed by atoms with Crippen molar-refractivity contribution in [2.75, 3.05) is 18.8 Å². The summed E-state index contributed by atoms with van der Waals surface area (Å²) in [5.74, 6) is -3.53. The number of carbonyl (C=O) groups excluding carboxylic acids is 3. The molecule has 10 nitrogen and oxygen atoms in total. The Kier molecular flexibility index (Phi) is 9.47. The Labute approximate surface area is 274 Å². The molecule has 1 aromatic heterocycles. The molecule has 2 aliphatic rings. The van der Waals surface area contributed by atoms with E-state index in [4.69, 9.17) is 14.0 Å². The van der Waals surface area contributed by atoms with Gasteiger partial charge in [-0.15, -0.1) is 11.8 Å². The molecule has 3 amide bonds. The summed E-state index contributed by atoms with van der Waals surface area (Å²) in [6.45, 7) is 5.25. The summed E-state index contributed by atoms with van der Waals surface area (Å²) in [6.07, 6.45) is -9.55. The van der Waals surface area contributed by atoms with E-state index in [1.54, 1.807) is 20.8 Å². The highest BCUT2D eigenvalue weighted by atomic mass is 32.2. The lowest BCUT2D eigenvalue weighted by molar-refractivity contribution is -0.144. The first-order chi connectivity index (χ1) is 22.3. The molecule has 3 heterocycles. The van der Waals surface area contributed by atoms with Gasteiger partial charge in [0.05, 0.1) is 21.6 Å². The van der Waals surface area contributed by atoms with E-state index in [0.717, 1.165) is 11.0 Å². The number of amides is 3. The predicted molar refractivity (Wildman–Crippen MR) is 158 cm³/mol. The third kappa shape index (κ3) is 8.05. The number of carbonyl (C=O) groups is 3. The Balaban J connectivity index is 1.29. The zero-order valence-corrected chi connectivity index (χ0v) is 26.7. The number of hydrogen-bond acceptors (Lipinski definition) is 9. The molecule has 17 heteroatoms. The molecule has 0 N–H and O–H groups in total. The minimum Gasteiger partial charge on any atom is -0.456 e. The molecular formula is C31H30F6N4O6S. The predicted octanol–water partition coefficient (Wildman–Crippen LogP) is 7.48. The number of nitrogens with zero attached hydrogens (tertiary/aromatic N) is 4. The van der Waals surface area contributed by atoms with Gasteiger partial charge in [-0.05, 0) is 63.9 Å². The zero-order chi connectivity index (χ0) is 35.1. The van der Waals surface area contributed by atoms with Crippen molar-refractivity contribution in [3.63, 3.8) is 0 Å². The van der Waals surface area contributed by atoms with Gasteiger partial charge >= 0.3 is 18.4 Å². The Morgan fingerprint density at radius 1 is 1.00 bits per heavy atom. The first-order valence-electron chi connectivity index (χ1n) is 14.7. The van der Waals surface area contributed by atoms with E-state index in [9.17, 15) is 40.7 Å². The van der Waals surface area contributed by atoms with E-state index in [1.807, 2.05) is 0 Å². The Hall–Kier alpha value is -4.28. The fourth-order valence-corrected chi connectivity index (χ4v) is 6.08. The molecule has 0 atom stereocenters. The van der Waals surface area contributed by atoms with Gasteiger partial charge in [0.15, 0.2) is 0 Å². The first-order valence-corrected chi connectivity index (χ1v) is 15.7. The number of benzene rings is 2. The molecule has 3 aromatic rings. The van der Waals surface area contributed by atoms with Crippen LogP contribution < -0.4 is 4.74 Å². The summed E-state index contributed by atoms with van der Waals surface area (Å²) in [6, 6.07) is 8.32. The van der Waals surface area contributed by atoms with Crippen LogP contribution in [0.3, 0.4) is 0 Å². The Bertz CT molecular complexity index is 1700. The number of imide groups is 1. The Morgan fingerprint density at radius 3 is 2.33 bits per heavy atom. The van der Waals surface area contributed by atoms with Crippen LogP contribution in [-0.2, 0) is 27.0 Å². The number of piperidine rings is 1. The summed E-state index contributed by atoms with van der Waals surface area (Å²) in [5, 5.41) is 3.73. The monoisotopic (exact) mass is 700 g/mol. The second kappa shape index (κ2) is 13.0. The van der Waals surface area contributed by atoms with Crippen molar-refractivity contribution in [2.24, 2.45) is 5.41 Å². The van der Waals surface area contributed by atoms with Crippen molar-refractivity contribution < 1.29 is 54.7 Å². The number of ether oxygens (including phenoxy) is 2. The molecule has 48 heavy (non-hydrogen) atoms. The summed E-state index contributed by atoms with van der Waals surface area (Å²) in [5.41, 5.74) is -3.08. The smallest absolute Gasteiger partial charge is 0.420 e. The third-order valence-corrected chi connectivity index (χ3v) is 8.75. The van der Waals surface area contributed by atoms with E-state index < -0.39 is 64.9 Å². The van der Waals surface area contributed by atoms with Gasteiger partial charge in [0.25, 0.3) is 0 Å². The molecule has 2 aromatic carbocycles. The summed E-state index contributed by atoms with van der Waals surface area (Å²) in [4.78, 5) is 45.3. The highest BCUT2D eigenvalue weighted by molar-refractivity contribution is 7.99. The molecular weight excluding hydrogens is 670 g/mol. The topological polar surface area (TPSA) is 115 Å². The number of alkyl halides is 6. The van der Waals surface area contributed by atoms with Gasteiger partial charge in [-0.25, -0.2) is 4.79 Å². The van der Waals surface area contributed by atoms with Crippen molar-refractivity contribution in [1.82, 2.24) is 19.9 Å². The number of likely N-dealkylation sites (tertiary alicyclic amines) is 2. The van der Waals surface area contributed by atoms with Crippen LogP contribution in [0.1, 0.15) is 51.5 Å². The maximum Gasteiger partial charge on any atom is 0.420 e. The lowest BCUT2D eigenvalue weighted by Gasteiger charge is -2.37. The number of thioether (sulfide) groups is 1. The third-order valence-electron chi connectivity index (χ3n) is 7.63. The molecule has 2 aliphatic heterocycles. The van der Waals surface area contributed by atoms with Crippen molar-refractivity contribution in [1.29, 1.82) is 0 Å². The van der Waals surface area contributed by atoms with Gasteiger partial charge in [-0.3, -0.25) is 14.5 Å². The van der Waals surface area contributed by atoms with Gasteiger partial charge in [-0.2, -0.15) is 31.3 Å². The molecule has 258 valence electrons. The minimum absolute atomic E-state index is 0.00350. The number of para-hydroxylation sites is 1. The standard InChI is InChI=1S/C31H30F6N4O6S/c1-28(2,3)46-27(44)40-12-10-29(11-13-40)15-24(42)41(26(29)43)16-23-38-25(39-47-23)18-8-9-20(19(14-18)31(35,36)37)45-21-6-4-5-7-22(21)48-17-30(32,33)34/h4-9,14H,10-13,15-17H2,1-3H3. The zero-order valence-electron chi connectivity index (χ0n) is 25.9. The Morgan fingerprint density at radius 2 is 1.69 bits per heavy atom. The van der Waals surface area contributed by atoms with Crippen LogP contribution >= 0.6 is 11.8 Å². The highest BCUT2D eigenvalue weighted by Crippen LogP contribution is 2.44. The molecule has 0 radical (unpaired) electrons. The number of hydrogen-bond donors (Lipinski definition) is 0. The number of aromatic nitrogens is 2. The maximum absolute atomic E-state index is 14.1. The second-order valence-corrected chi connectivity index (χ2v) is 13.4. The number of rotatable bonds is 7. The van der Waals surface area contributed by atoms with Crippen LogP contribution in [0.4, 0.5) is 31.1 Å². The molecule has 2 fully saturated rings. The molecule has 5 rings (SSSR count). The lowest BCUT2D eigenvalue weighted by Crippen LogP contribution is -2.47. The van der Waals surface area contributed by atoms with E-state index in [0.29, 0.717) is 17.8 Å². The summed E-state index contributed by atoms with van der Waals surface area (Å²) < 4.78 is 96.7. The van der Waals surface area contributed by atoms with Crippen LogP contribution in [-0.4, -0.2) is 68.5 Å². The van der Waals surface area contributed by atoms with E-state index >= 15 is 0 Å². The van der Waals surface area contributed by atoms with Crippen molar-refractivity contribution >= 4 is 29.7 Å². The van der Waals surface area contributed by atoms with E-state index in [1.165, 1.54) is 35.2 Å². The first kappa shape index (κ1) is 35.0. The van der Waals surface area contributed by atoms with Crippen molar-refractivity contribution in [3.05, 3.63) is 53.9 Å². The van der Waals surface area contributed by atoms with Crippen LogP contribution in [0.25, 0.3) is 11.4 Å². The SMILES string of the molecule is CC(C)(C)OC(=O)N1CCC2(CC1)CC(=O)N(Cc1nc(-c3ccc(Oc4ccccc4SCC(F)(F)F)c(C(F)(F)F)c3)no1)C2=O. The lowest BCUT2D eigenvalue weighted by atomic mass is 9.77. The summed E-state index contributed by atoms with van der Waals surface area (Å²) in [7, 11) is 0. The minimum atomic E-state index is -4.94. The van der Waals surface area contributed by atoms with Gasteiger partial charge in [0.2, 0.25) is 23.5 Å². The van der Waals surface area contributed by atoms with Crippen molar-refractivity contribution in [3.8, 4) is 22.9 Å². The molecule has 0 bridgehead atoms. The quantitative estimate of drug-likeness (QED) is 0.141. The normalized spacial score (nSPS) is 16.9. The van der Waals surface area contributed by atoms with Gasteiger partial charge in [-0.1, -0.05) is 17.3 Å². The van der Waals surface area contributed by atoms with Crippen LogP contribution in [0.15, 0.2) is 51.9 Å². The number of halogens is 6. The van der Waals surface area contributed by atoms with Gasteiger partial charge in [0, 0.05) is 25.1 Å². The molecule has 0 aliphatic carbocycles. The molecule has 0 unspecified atom stereocenters. The molecule has 2 saturated heterocycles. The second-order valence-electron chi connectivity index (χ2n) is 12.4. The van der Waals surface area contributed by atoms with Crippen LogP contribution in [0.5, 0.6) is 11.5 Å². The van der Waals surface area contributed by atoms with Crippen molar-refractivity contribution in [2.45, 2.75) is 69.4 Å². The molecule has 0 saturated carbocycles. The van der Waals surface area contributed by atoms with Crippen LogP contribution in [0, 0.1) is 5.41 Å². The highest BCUT2D eigenvalue weighted by Gasteiger charge is 2.53. The molecule has 1 spiro atoms. The average Bonchev–Trinajstić information content (AvgIpc) is 3.54. The van der Waals surface area contributed by atoms with Crippen LogP contribution in [0.2, 0.25) is 0 Å². The van der Waals surface area contributed by atoms with E-state index in [-0.39, 0.29) is 60.3 Å². The van der Waals surface area contributed by atoms with Gasteiger partial charge in [0.1, 0.15) is 23.6 Å². The van der Waals surface area contributed by atoms with Gasteiger partial charge < -0.3 is 18.9 Å². The fourth-order valence-electron chi connectivity index (χ4n) is 5.34. The summed E-state index contributed by atoms with van der Waals surface area (Å²) >= 11 is 0.376. The largest absolute Gasteiger partial charge is 0.456 e. The van der Waals surface area contributed by atoms with E-state index in [2.05, 4.69) is 10.1 Å². The fraction of sp³-hybridized carbons (Fsp3) is 0.452. The average molecular weight is 701 g/mol. The maximum atomic E-state index is 14.1.